The van der Waals surface area contributed by atoms with Gasteiger partial charge in [-0.05, 0) is 29.7 Å². The van der Waals surface area contributed by atoms with Gasteiger partial charge in [-0.2, -0.15) is 0 Å². The molecular formula is C23H19P. The molecule has 1 heteroatoms. The molecule has 1 aliphatic carbocycles. The van der Waals surface area contributed by atoms with E-state index in [4.69, 9.17) is 0 Å². The average molecular weight is 326 g/mol. The maximum Gasteiger partial charge on any atom is 0.0310 e. The average Bonchev–Trinajstić information content (AvgIpc) is 3.14. The summed E-state index contributed by atoms with van der Waals surface area (Å²) in [6, 6.07) is 32.6. The molecule has 0 N–H and O–H groups in total. The minimum absolute atomic E-state index is 0.423. The van der Waals surface area contributed by atoms with Crippen molar-refractivity contribution in [2.75, 3.05) is 0 Å². The number of benzene rings is 3. The fraction of sp³-hybridized carbons (Fsp3) is 0.0435. The molecule has 0 nitrogen and oxygen atoms in total. The van der Waals surface area contributed by atoms with Gasteiger partial charge in [0.15, 0.2) is 0 Å². The largest absolute Gasteiger partial charge is 0.0721 e. The molecule has 0 bridgehead atoms. The van der Waals surface area contributed by atoms with Crippen LogP contribution in [0.15, 0.2) is 109 Å². The molecule has 0 spiro atoms. The van der Waals surface area contributed by atoms with Crippen molar-refractivity contribution >= 4 is 24.1 Å². The lowest BCUT2D eigenvalue weighted by molar-refractivity contribution is 1.43. The van der Waals surface area contributed by atoms with Gasteiger partial charge >= 0.3 is 0 Å². The monoisotopic (exact) mass is 326 g/mol. The summed E-state index contributed by atoms with van der Waals surface area (Å²) in [6.07, 6.45) is 6.86. The predicted octanol–water partition coefficient (Wildman–Crippen LogP) is 5.14. The minimum Gasteiger partial charge on any atom is -0.0721 e. The third-order valence-corrected chi connectivity index (χ3v) is 7.06. The van der Waals surface area contributed by atoms with Gasteiger partial charge in [0.05, 0.1) is 0 Å². The molecule has 0 saturated heterocycles. The van der Waals surface area contributed by atoms with Gasteiger partial charge in [-0.15, -0.1) is 0 Å². The molecule has 0 heterocycles. The molecule has 1 unspecified atom stereocenters. The second-order valence-corrected chi connectivity index (χ2v) is 8.19. The van der Waals surface area contributed by atoms with Crippen LogP contribution in [0.1, 0.15) is 5.56 Å². The maximum atomic E-state index is 2.37. The standard InChI is InChI=1S/C23H19P/c1-4-11-19(12-5-1)22-17-10-18-23(22)24(20-13-6-2-7-14-20)21-15-8-3-9-16-21/h1-18,23H. The van der Waals surface area contributed by atoms with Crippen molar-refractivity contribution in [2.45, 2.75) is 5.66 Å². The fourth-order valence-corrected chi connectivity index (χ4v) is 5.95. The van der Waals surface area contributed by atoms with Crippen molar-refractivity contribution in [3.63, 3.8) is 0 Å². The van der Waals surface area contributed by atoms with Crippen LogP contribution in [0.5, 0.6) is 0 Å². The highest BCUT2D eigenvalue weighted by Gasteiger charge is 2.28. The predicted molar refractivity (Wildman–Crippen MR) is 106 cm³/mol. The quantitative estimate of drug-likeness (QED) is 0.582. The zero-order chi connectivity index (χ0) is 16.2. The van der Waals surface area contributed by atoms with Crippen molar-refractivity contribution < 1.29 is 0 Å². The first-order valence-electron chi connectivity index (χ1n) is 8.26. The van der Waals surface area contributed by atoms with Crippen molar-refractivity contribution in [1.82, 2.24) is 0 Å². The first-order valence-corrected chi connectivity index (χ1v) is 9.68. The molecule has 0 saturated carbocycles. The first-order chi connectivity index (χ1) is 11.9. The van der Waals surface area contributed by atoms with Crippen LogP contribution in [0.2, 0.25) is 0 Å². The molecule has 24 heavy (non-hydrogen) atoms. The van der Waals surface area contributed by atoms with Gasteiger partial charge in [-0.1, -0.05) is 109 Å². The van der Waals surface area contributed by atoms with E-state index in [0.717, 1.165) is 0 Å². The lowest BCUT2D eigenvalue weighted by Crippen LogP contribution is -2.20. The van der Waals surface area contributed by atoms with E-state index in [-0.39, 0.29) is 0 Å². The third-order valence-electron chi connectivity index (χ3n) is 4.34. The molecule has 1 atom stereocenters. The van der Waals surface area contributed by atoms with Crippen LogP contribution >= 0.6 is 7.92 Å². The Kier molecular flexibility index (Phi) is 4.40. The van der Waals surface area contributed by atoms with Crippen molar-refractivity contribution in [1.29, 1.82) is 0 Å². The summed E-state index contributed by atoms with van der Waals surface area (Å²) in [6.45, 7) is 0. The Morgan fingerprint density at radius 2 is 1.08 bits per heavy atom. The van der Waals surface area contributed by atoms with E-state index in [1.807, 2.05) is 0 Å². The Morgan fingerprint density at radius 3 is 1.62 bits per heavy atom. The van der Waals surface area contributed by atoms with Crippen LogP contribution in [-0.4, -0.2) is 5.66 Å². The molecule has 0 aliphatic heterocycles. The highest BCUT2D eigenvalue weighted by molar-refractivity contribution is 7.74. The van der Waals surface area contributed by atoms with E-state index in [1.54, 1.807) is 0 Å². The highest BCUT2D eigenvalue weighted by atomic mass is 31.1. The second-order valence-electron chi connectivity index (χ2n) is 5.86. The van der Waals surface area contributed by atoms with Crippen LogP contribution < -0.4 is 10.6 Å². The second kappa shape index (κ2) is 6.99. The smallest absolute Gasteiger partial charge is 0.0310 e. The first kappa shape index (κ1) is 15.1. The van der Waals surface area contributed by atoms with Crippen LogP contribution in [-0.2, 0) is 0 Å². The van der Waals surface area contributed by atoms with Gasteiger partial charge in [-0.25, -0.2) is 0 Å². The number of rotatable bonds is 4. The normalized spacial score (nSPS) is 16.4. The number of allylic oxidation sites excluding steroid dienone is 4. The molecule has 4 rings (SSSR count). The zero-order valence-electron chi connectivity index (χ0n) is 13.4. The highest BCUT2D eigenvalue weighted by Crippen LogP contribution is 2.48. The summed E-state index contributed by atoms with van der Waals surface area (Å²) in [5.74, 6) is 0. The summed E-state index contributed by atoms with van der Waals surface area (Å²) < 4.78 is 0. The molecule has 0 radical (unpaired) electrons. The van der Waals surface area contributed by atoms with Gasteiger partial charge in [0.2, 0.25) is 0 Å². The Balaban J connectivity index is 1.80. The Hall–Kier alpha value is -2.43. The van der Waals surface area contributed by atoms with Gasteiger partial charge in [0, 0.05) is 5.66 Å². The lowest BCUT2D eigenvalue weighted by atomic mass is 10.1. The lowest BCUT2D eigenvalue weighted by Gasteiger charge is -2.27. The minimum atomic E-state index is -0.470. The van der Waals surface area contributed by atoms with Crippen LogP contribution in [0.25, 0.3) is 5.57 Å². The maximum absolute atomic E-state index is 2.37. The van der Waals surface area contributed by atoms with Gasteiger partial charge in [0.1, 0.15) is 0 Å². The zero-order valence-corrected chi connectivity index (χ0v) is 14.3. The molecule has 3 aromatic carbocycles. The van der Waals surface area contributed by atoms with Crippen LogP contribution in [0.3, 0.4) is 0 Å². The molecule has 1 aliphatic rings. The molecule has 116 valence electrons. The summed E-state index contributed by atoms with van der Waals surface area (Å²) in [5, 5.41) is 2.86. The summed E-state index contributed by atoms with van der Waals surface area (Å²) in [5.41, 5.74) is 3.17. The van der Waals surface area contributed by atoms with Gasteiger partial charge in [0.25, 0.3) is 0 Å². The molecule has 3 aromatic rings. The summed E-state index contributed by atoms with van der Waals surface area (Å²) in [7, 11) is -0.470. The summed E-state index contributed by atoms with van der Waals surface area (Å²) in [4.78, 5) is 0. The molecule has 0 amide bonds. The third kappa shape index (κ3) is 2.98. The van der Waals surface area contributed by atoms with Crippen molar-refractivity contribution in [2.24, 2.45) is 0 Å². The van der Waals surface area contributed by atoms with E-state index in [1.165, 1.54) is 21.7 Å². The molecular weight excluding hydrogens is 307 g/mol. The SMILES string of the molecule is C1=CC(P(c2ccccc2)c2ccccc2)C(c2ccccc2)=C1. The Bertz CT molecular complexity index is 809. The topological polar surface area (TPSA) is 0 Å². The Morgan fingerprint density at radius 1 is 0.583 bits per heavy atom. The van der Waals surface area contributed by atoms with E-state index in [0.29, 0.717) is 5.66 Å². The summed E-state index contributed by atoms with van der Waals surface area (Å²) >= 11 is 0. The van der Waals surface area contributed by atoms with E-state index in [9.17, 15) is 0 Å². The fourth-order valence-electron chi connectivity index (χ4n) is 3.24. The Labute approximate surface area is 144 Å². The van der Waals surface area contributed by atoms with Crippen molar-refractivity contribution in [3.05, 3.63) is 115 Å². The molecule has 0 fully saturated rings. The van der Waals surface area contributed by atoms with Crippen molar-refractivity contribution in [3.8, 4) is 0 Å². The van der Waals surface area contributed by atoms with E-state index in [2.05, 4.69) is 109 Å². The van der Waals surface area contributed by atoms with Gasteiger partial charge < -0.3 is 0 Å². The van der Waals surface area contributed by atoms with E-state index < -0.39 is 7.92 Å². The van der Waals surface area contributed by atoms with Crippen LogP contribution in [0.4, 0.5) is 0 Å². The van der Waals surface area contributed by atoms with E-state index >= 15 is 0 Å². The van der Waals surface area contributed by atoms with Crippen LogP contribution in [0, 0.1) is 0 Å². The number of hydrogen-bond donors (Lipinski definition) is 0. The molecule has 0 aromatic heterocycles. The van der Waals surface area contributed by atoms with Gasteiger partial charge in [-0.3, -0.25) is 0 Å². The number of hydrogen-bond acceptors (Lipinski definition) is 0.